The fourth-order valence-corrected chi connectivity index (χ4v) is 1.98. The maximum absolute atomic E-state index is 13.1. The number of rotatable bonds is 3. The maximum atomic E-state index is 13.1. The lowest BCUT2D eigenvalue weighted by Gasteiger charge is -2.16. The minimum atomic E-state index is -4.48. The second-order valence-electron chi connectivity index (χ2n) is 5.06. The van der Waals surface area contributed by atoms with Gasteiger partial charge in [0.1, 0.15) is 5.82 Å². The number of esters is 1. The SMILES string of the molecule is COC(=O)c1cccc(-c2cc(C(F)(F)F)cc(N(C)C)n2)c1. The topological polar surface area (TPSA) is 42.4 Å². The number of carbonyl (C=O) groups excluding carboxylic acids is 1. The molecule has 1 heterocycles. The van der Waals surface area contributed by atoms with Gasteiger partial charge in [-0.1, -0.05) is 12.1 Å². The van der Waals surface area contributed by atoms with Gasteiger partial charge in [-0.2, -0.15) is 13.2 Å². The Morgan fingerprint density at radius 3 is 2.43 bits per heavy atom. The number of benzene rings is 1. The van der Waals surface area contributed by atoms with Crippen molar-refractivity contribution in [2.45, 2.75) is 6.18 Å². The van der Waals surface area contributed by atoms with Crippen molar-refractivity contribution in [3.8, 4) is 11.3 Å². The minimum absolute atomic E-state index is 0.134. The first-order chi connectivity index (χ1) is 10.7. The van der Waals surface area contributed by atoms with Crippen LogP contribution in [0.1, 0.15) is 15.9 Å². The molecule has 1 aromatic carbocycles. The van der Waals surface area contributed by atoms with E-state index in [0.717, 1.165) is 12.1 Å². The van der Waals surface area contributed by atoms with E-state index >= 15 is 0 Å². The largest absolute Gasteiger partial charge is 0.465 e. The predicted octanol–water partition coefficient (Wildman–Crippen LogP) is 3.62. The molecule has 0 saturated heterocycles. The third kappa shape index (κ3) is 3.80. The van der Waals surface area contributed by atoms with Gasteiger partial charge in [-0.15, -0.1) is 0 Å². The number of aromatic nitrogens is 1. The zero-order valence-electron chi connectivity index (χ0n) is 12.8. The van der Waals surface area contributed by atoms with Crippen molar-refractivity contribution >= 4 is 11.8 Å². The first-order valence-corrected chi connectivity index (χ1v) is 6.67. The quantitative estimate of drug-likeness (QED) is 0.809. The molecule has 2 rings (SSSR count). The highest BCUT2D eigenvalue weighted by atomic mass is 19.4. The lowest BCUT2D eigenvalue weighted by atomic mass is 10.1. The Balaban J connectivity index is 2.59. The van der Waals surface area contributed by atoms with Gasteiger partial charge < -0.3 is 9.64 Å². The summed E-state index contributed by atoms with van der Waals surface area (Å²) in [6.07, 6.45) is -4.48. The molecule has 0 amide bonds. The van der Waals surface area contributed by atoms with E-state index in [-0.39, 0.29) is 17.1 Å². The Morgan fingerprint density at radius 2 is 1.87 bits per heavy atom. The van der Waals surface area contributed by atoms with Gasteiger partial charge in [0, 0.05) is 19.7 Å². The Labute approximate surface area is 131 Å². The molecule has 122 valence electrons. The molecule has 4 nitrogen and oxygen atoms in total. The summed E-state index contributed by atoms with van der Waals surface area (Å²) in [5.41, 5.74) is -0.0123. The molecule has 0 unspecified atom stereocenters. The lowest BCUT2D eigenvalue weighted by Crippen LogP contribution is -2.14. The van der Waals surface area contributed by atoms with E-state index < -0.39 is 17.7 Å². The first-order valence-electron chi connectivity index (χ1n) is 6.67. The molecule has 0 saturated carbocycles. The molecule has 0 aliphatic heterocycles. The first kappa shape index (κ1) is 16.8. The molecule has 0 aliphatic carbocycles. The van der Waals surface area contributed by atoms with Crippen LogP contribution in [-0.4, -0.2) is 32.2 Å². The second kappa shape index (κ2) is 6.28. The van der Waals surface area contributed by atoms with Crippen LogP contribution in [0.15, 0.2) is 36.4 Å². The number of carbonyl (C=O) groups is 1. The number of alkyl halides is 3. The van der Waals surface area contributed by atoms with Gasteiger partial charge >= 0.3 is 12.1 Å². The van der Waals surface area contributed by atoms with E-state index in [4.69, 9.17) is 0 Å². The fourth-order valence-electron chi connectivity index (χ4n) is 1.98. The molecule has 23 heavy (non-hydrogen) atoms. The molecule has 0 spiro atoms. The number of pyridine rings is 1. The molecule has 0 N–H and O–H groups in total. The van der Waals surface area contributed by atoms with Crippen LogP contribution in [0, 0.1) is 0 Å². The molecule has 7 heteroatoms. The van der Waals surface area contributed by atoms with E-state index in [0.29, 0.717) is 5.56 Å². The Kier molecular flexibility index (Phi) is 4.58. The van der Waals surface area contributed by atoms with Crippen LogP contribution in [0.2, 0.25) is 0 Å². The summed E-state index contributed by atoms with van der Waals surface area (Å²) in [5, 5.41) is 0. The van der Waals surface area contributed by atoms with Crippen LogP contribution in [-0.2, 0) is 10.9 Å². The number of anilines is 1. The molecular formula is C16H15F3N2O2. The summed E-state index contributed by atoms with van der Waals surface area (Å²) >= 11 is 0. The summed E-state index contributed by atoms with van der Waals surface area (Å²) in [6.45, 7) is 0. The molecule has 0 aliphatic rings. The van der Waals surface area contributed by atoms with Crippen LogP contribution in [0.5, 0.6) is 0 Å². The van der Waals surface area contributed by atoms with Crippen molar-refractivity contribution in [1.82, 2.24) is 4.98 Å². The van der Waals surface area contributed by atoms with E-state index in [1.165, 1.54) is 24.1 Å². The van der Waals surface area contributed by atoms with Crippen molar-refractivity contribution in [3.63, 3.8) is 0 Å². The summed E-state index contributed by atoms with van der Waals surface area (Å²) in [7, 11) is 4.45. The number of hydrogen-bond donors (Lipinski definition) is 0. The highest BCUT2D eigenvalue weighted by molar-refractivity contribution is 5.90. The zero-order chi connectivity index (χ0) is 17.2. The average molecular weight is 324 g/mol. The Morgan fingerprint density at radius 1 is 1.17 bits per heavy atom. The number of methoxy groups -OCH3 is 1. The molecule has 0 bridgehead atoms. The summed E-state index contributed by atoms with van der Waals surface area (Å²) in [6, 6.07) is 8.08. The van der Waals surface area contributed by atoms with Gasteiger partial charge in [-0.3, -0.25) is 0 Å². The maximum Gasteiger partial charge on any atom is 0.416 e. The minimum Gasteiger partial charge on any atom is -0.465 e. The predicted molar refractivity (Wildman–Crippen MR) is 80.3 cm³/mol. The van der Waals surface area contributed by atoms with Crippen molar-refractivity contribution in [3.05, 3.63) is 47.5 Å². The molecule has 1 aromatic heterocycles. The van der Waals surface area contributed by atoms with Crippen molar-refractivity contribution in [2.24, 2.45) is 0 Å². The number of halogens is 3. The second-order valence-corrected chi connectivity index (χ2v) is 5.06. The Bertz CT molecular complexity index is 728. The van der Waals surface area contributed by atoms with Crippen molar-refractivity contribution in [1.29, 1.82) is 0 Å². The van der Waals surface area contributed by atoms with Crippen LogP contribution in [0.25, 0.3) is 11.3 Å². The van der Waals surface area contributed by atoms with Crippen LogP contribution in [0.3, 0.4) is 0 Å². The van der Waals surface area contributed by atoms with Crippen molar-refractivity contribution < 1.29 is 22.7 Å². The van der Waals surface area contributed by atoms with Gasteiger partial charge in [-0.05, 0) is 24.3 Å². The van der Waals surface area contributed by atoms with Gasteiger partial charge in [0.2, 0.25) is 0 Å². The summed E-state index contributed by atoms with van der Waals surface area (Å²) in [5.74, 6) is -0.384. The van der Waals surface area contributed by atoms with Crippen LogP contribution < -0.4 is 4.90 Å². The highest BCUT2D eigenvalue weighted by Gasteiger charge is 2.32. The van der Waals surface area contributed by atoms with Gasteiger partial charge in [-0.25, -0.2) is 9.78 Å². The van der Waals surface area contributed by atoms with E-state index in [1.807, 2.05) is 0 Å². The van der Waals surface area contributed by atoms with Crippen LogP contribution >= 0.6 is 0 Å². The standard InChI is InChI=1S/C16H15F3N2O2/c1-21(2)14-9-12(16(17,18)19)8-13(20-14)10-5-4-6-11(7-10)15(22)23-3/h4-9H,1-3H3. The van der Waals surface area contributed by atoms with Gasteiger partial charge in [0.15, 0.2) is 0 Å². The van der Waals surface area contributed by atoms with Crippen LogP contribution in [0.4, 0.5) is 19.0 Å². The lowest BCUT2D eigenvalue weighted by molar-refractivity contribution is -0.137. The van der Waals surface area contributed by atoms with E-state index in [9.17, 15) is 18.0 Å². The highest BCUT2D eigenvalue weighted by Crippen LogP contribution is 2.34. The summed E-state index contributed by atoms with van der Waals surface area (Å²) in [4.78, 5) is 17.3. The van der Waals surface area contributed by atoms with E-state index in [1.54, 1.807) is 26.2 Å². The van der Waals surface area contributed by atoms with Gasteiger partial charge in [0.25, 0.3) is 0 Å². The summed E-state index contributed by atoms with van der Waals surface area (Å²) < 4.78 is 43.8. The normalized spacial score (nSPS) is 11.2. The number of nitrogens with zero attached hydrogens (tertiary/aromatic N) is 2. The zero-order valence-corrected chi connectivity index (χ0v) is 12.8. The smallest absolute Gasteiger partial charge is 0.416 e. The number of ether oxygens (including phenoxy) is 1. The van der Waals surface area contributed by atoms with E-state index in [2.05, 4.69) is 9.72 Å². The molecular weight excluding hydrogens is 309 g/mol. The third-order valence-electron chi connectivity index (χ3n) is 3.18. The molecule has 2 aromatic rings. The Hall–Kier alpha value is -2.57. The third-order valence-corrected chi connectivity index (χ3v) is 3.18. The fraction of sp³-hybridized carbons (Fsp3) is 0.250. The molecule has 0 radical (unpaired) electrons. The monoisotopic (exact) mass is 324 g/mol. The van der Waals surface area contributed by atoms with Gasteiger partial charge in [0.05, 0.1) is 23.9 Å². The molecule has 0 fully saturated rings. The van der Waals surface area contributed by atoms with Crippen molar-refractivity contribution in [2.75, 3.05) is 26.1 Å². The average Bonchev–Trinajstić information content (AvgIpc) is 2.53. The molecule has 0 atom stereocenters. The number of hydrogen-bond acceptors (Lipinski definition) is 4.